The van der Waals surface area contributed by atoms with Gasteiger partial charge in [0.2, 0.25) is 0 Å². The Hall–Kier alpha value is -7.89. The second kappa shape index (κ2) is 12.8. The predicted octanol–water partition coefficient (Wildman–Crippen LogP) is 13.4. The minimum atomic E-state index is 0.642. The van der Waals surface area contributed by atoms with Crippen molar-refractivity contribution in [1.29, 1.82) is 0 Å². The van der Waals surface area contributed by atoms with E-state index in [2.05, 4.69) is 191 Å². The molecule has 0 saturated heterocycles. The summed E-state index contributed by atoms with van der Waals surface area (Å²) in [6.45, 7) is 0. The summed E-state index contributed by atoms with van der Waals surface area (Å²) in [6, 6.07) is 71.0. The van der Waals surface area contributed by atoms with Crippen molar-refractivity contribution in [2.24, 2.45) is 0 Å². The monoisotopic (exact) mass is 739 g/mol. The van der Waals surface area contributed by atoms with E-state index in [4.69, 9.17) is 15.0 Å². The van der Waals surface area contributed by atoms with Gasteiger partial charge in [-0.3, -0.25) is 0 Å². The Balaban J connectivity index is 1.07. The summed E-state index contributed by atoms with van der Waals surface area (Å²) in [5.74, 6) is 1.93. The van der Waals surface area contributed by atoms with Gasteiger partial charge in [0.05, 0.1) is 22.1 Å². The number of nitrogens with zero attached hydrogens (tertiary/aromatic N) is 5. The Morgan fingerprint density at radius 3 is 1.78 bits per heavy atom. The fourth-order valence-electron chi connectivity index (χ4n) is 8.91. The number of fused-ring (bicyclic) bond motifs is 9. The van der Waals surface area contributed by atoms with E-state index in [1.54, 1.807) is 0 Å². The molecule has 0 spiro atoms. The molecule has 58 heavy (non-hydrogen) atoms. The summed E-state index contributed by atoms with van der Waals surface area (Å²) in [7, 11) is 0. The van der Waals surface area contributed by atoms with Crippen molar-refractivity contribution in [3.8, 4) is 45.5 Å². The summed E-state index contributed by atoms with van der Waals surface area (Å²) in [5.41, 5.74) is 9.84. The molecule has 0 amide bonds. The van der Waals surface area contributed by atoms with Crippen molar-refractivity contribution in [2.75, 3.05) is 0 Å². The molecule has 12 rings (SSSR count). The minimum absolute atomic E-state index is 0.642. The van der Waals surface area contributed by atoms with E-state index in [0.29, 0.717) is 17.5 Å². The molecule has 5 nitrogen and oxygen atoms in total. The van der Waals surface area contributed by atoms with E-state index in [1.165, 1.54) is 38.0 Å². The maximum Gasteiger partial charge on any atom is 0.164 e. The van der Waals surface area contributed by atoms with Crippen LogP contribution in [0.2, 0.25) is 0 Å². The molecule has 12 aromatic rings. The van der Waals surface area contributed by atoms with Crippen molar-refractivity contribution in [3.05, 3.63) is 200 Å². The van der Waals surface area contributed by atoms with Crippen LogP contribution in [0, 0.1) is 0 Å². The van der Waals surface area contributed by atoms with Crippen LogP contribution in [0.4, 0.5) is 0 Å². The molecule has 0 radical (unpaired) electrons. The maximum absolute atomic E-state index is 5.16. The second-order valence-corrected chi connectivity index (χ2v) is 14.8. The molecule has 0 aliphatic carbocycles. The fraction of sp³-hybridized carbons (Fsp3) is 0. The van der Waals surface area contributed by atoms with Crippen LogP contribution < -0.4 is 0 Å². The average molecular weight is 740 g/mol. The Morgan fingerprint density at radius 2 is 0.948 bits per heavy atom. The zero-order valence-electron chi connectivity index (χ0n) is 31.3. The normalized spacial score (nSPS) is 11.8. The zero-order valence-corrected chi connectivity index (χ0v) is 31.3. The first kappa shape index (κ1) is 32.4. The molecule has 0 N–H and O–H groups in total. The standard InChI is InChI=1S/C53H33N5/c1-3-15-35(16-4-1)51-54-52(38-27-26-34-14-7-8-17-36(34)32-38)56-53(55-51)44-23-13-18-37-33-40(28-29-41(37)44)57-47-25-12-10-22-45(47)49-48(57)31-30-43-42-21-9-11-24-46(42)58(50(43)49)39-19-5-2-6-20-39/h1-33H. The van der Waals surface area contributed by atoms with Crippen molar-refractivity contribution >= 4 is 65.2 Å². The van der Waals surface area contributed by atoms with Crippen LogP contribution in [0.5, 0.6) is 0 Å². The van der Waals surface area contributed by atoms with E-state index < -0.39 is 0 Å². The van der Waals surface area contributed by atoms with Crippen molar-refractivity contribution < 1.29 is 0 Å². The number of para-hydroxylation sites is 3. The van der Waals surface area contributed by atoms with Gasteiger partial charge in [-0.15, -0.1) is 0 Å². The summed E-state index contributed by atoms with van der Waals surface area (Å²) in [6.07, 6.45) is 0. The lowest BCUT2D eigenvalue weighted by Gasteiger charge is -2.13. The molecule has 3 heterocycles. The van der Waals surface area contributed by atoms with Gasteiger partial charge in [0.1, 0.15) is 0 Å². The van der Waals surface area contributed by atoms with Gasteiger partial charge >= 0.3 is 0 Å². The molecule has 0 unspecified atom stereocenters. The number of rotatable bonds is 5. The lowest BCUT2D eigenvalue weighted by molar-refractivity contribution is 1.08. The largest absolute Gasteiger partial charge is 0.309 e. The van der Waals surface area contributed by atoms with Gasteiger partial charge in [0.15, 0.2) is 17.5 Å². The van der Waals surface area contributed by atoms with Crippen LogP contribution in [0.25, 0.3) is 111 Å². The highest BCUT2D eigenvalue weighted by atomic mass is 15.0. The van der Waals surface area contributed by atoms with Gasteiger partial charge < -0.3 is 9.13 Å². The van der Waals surface area contributed by atoms with Crippen LogP contribution in [0.3, 0.4) is 0 Å². The summed E-state index contributed by atoms with van der Waals surface area (Å²) in [4.78, 5) is 15.3. The molecule has 0 bridgehead atoms. The van der Waals surface area contributed by atoms with E-state index >= 15 is 0 Å². The summed E-state index contributed by atoms with van der Waals surface area (Å²) >= 11 is 0. The summed E-state index contributed by atoms with van der Waals surface area (Å²) < 4.78 is 4.85. The predicted molar refractivity (Wildman–Crippen MR) is 240 cm³/mol. The number of benzene rings is 9. The molecular formula is C53H33N5. The lowest BCUT2D eigenvalue weighted by Crippen LogP contribution is -2.01. The molecule has 5 heteroatoms. The highest BCUT2D eigenvalue weighted by Gasteiger charge is 2.21. The topological polar surface area (TPSA) is 48.5 Å². The maximum atomic E-state index is 5.16. The van der Waals surface area contributed by atoms with Crippen molar-refractivity contribution in [2.45, 2.75) is 0 Å². The van der Waals surface area contributed by atoms with Gasteiger partial charge in [0, 0.05) is 49.6 Å². The molecular weight excluding hydrogens is 707 g/mol. The number of hydrogen-bond donors (Lipinski definition) is 0. The lowest BCUT2D eigenvalue weighted by atomic mass is 10.0. The smallest absolute Gasteiger partial charge is 0.164 e. The molecule has 270 valence electrons. The van der Waals surface area contributed by atoms with Crippen molar-refractivity contribution in [1.82, 2.24) is 24.1 Å². The molecule has 3 aromatic heterocycles. The van der Waals surface area contributed by atoms with Crippen LogP contribution in [-0.4, -0.2) is 24.1 Å². The molecule has 0 atom stereocenters. The second-order valence-electron chi connectivity index (χ2n) is 14.8. The van der Waals surface area contributed by atoms with Gasteiger partial charge in [0.25, 0.3) is 0 Å². The molecule has 0 saturated carbocycles. The number of aromatic nitrogens is 5. The Morgan fingerprint density at radius 1 is 0.310 bits per heavy atom. The fourth-order valence-corrected chi connectivity index (χ4v) is 8.91. The third-order valence-corrected chi connectivity index (χ3v) is 11.5. The Bertz CT molecular complexity index is 3560. The average Bonchev–Trinajstić information content (AvgIpc) is 3.82. The number of hydrogen-bond acceptors (Lipinski definition) is 3. The highest BCUT2D eigenvalue weighted by Crippen LogP contribution is 2.42. The van der Waals surface area contributed by atoms with E-state index in [0.717, 1.165) is 55.3 Å². The van der Waals surface area contributed by atoms with Crippen LogP contribution in [-0.2, 0) is 0 Å². The van der Waals surface area contributed by atoms with Gasteiger partial charge in [-0.05, 0) is 70.1 Å². The third kappa shape index (κ3) is 5.00. The summed E-state index contributed by atoms with van der Waals surface area (Å²) in [5, 5.41) is 9.46. The van der Waals surface area contributed by atoms with E-state index in [9.17, 15) is 0 Å². The highest BCUT2D eigenvalue weighted by molar-refractivity contribution is 6.26. The Labute approximate surface area is 333 Å². The van der Waals surface area contributed by atoms with E-state index in [1.807, 2.05) is 18.2 Å². The first-order valence-corrected chi connectivity index (χ1v) is 19.6. The van der Waals surface area contributed by atoms with Crippen molar-refractivity contribution in [3.63, 3.8) is 0 Å². The van der Waals surface area contributed by atoms with Crippen LogP contribution in [0.1, 0.15) is 0 Å². The van der Waals surface area contributed by atoms with Crippen LogP contribution in [0.15, 0.2) is 200 Å². The zero-order chi connectivity index (χ0) is 38.2. The van der Waals surface area contributed by atoms with Crippen LogP contribution >= 0.6 is 0 Å². The molecule has 9 aromatic carbocycles. The molecule has 0 aliphatic heterocycles. The minimum Gasteiger partial charge on any atom is -0.309 e. The first-order valence-electron chi connectivity index (χ1n) is 19.6. The molecule has 0 aliphatic rings. The Kier molecular flexibility index (Phi) is 7.16. The van der Waals surface area contributed by atoms with Gasteiger partial charge in [-0.2, -0.15) is 0 Å². The molecule has 0 fully saturated rings. The first-order chi connectivity index (χ1) is 28.8. The van der Waals surface area contributed by atoms with Gasteiger partial charge in [-0.1, -0.05) is 152 Å². The third-order valence-electron chi connectivity index (χ3n) is 11.5. The van der Waals surface area contributed by atoms with Gasteiger partial charge in [-0.25, -0.2) is 15.0 Å². The SMILES string of the molecule is c1ccc(-c2nc(-c3ccc4ccccc4c3)nc(-c3cccc4cc(-n5c6ccccc6c6c5ccc5c7ccccc7n(-c7ccccc7)c56)ccc34)n2)cc1. The quantitative estimate of drug-likeness (QED) is 0.177. The van der Waals surface area contributed by atoms with E-state index in [-0.39, 0.29) is 0 Å².